The third kappa shape index (κ3) is 2.21. The van der Waals surface area contributed by atoms with Crippen LogP contribution in [0.25, 0.3) is 10.9 Å². The van der Waals surface area contributed by atoms with E-state index in [1.807, 2.05) is 43.3 Å². The van der Waals surface area contributed by atoms with Crippen molar-refractivity contribution in [2.45, 2.75) is 13.5 Å². The van der Waals surface area contributed by atoms with Gasteiger partial charge in [-0.05, 0) is 31.2 Å². The first-order valence-electron chi connectivity index (χ1n) is 6.46. The van der Waals surface area contributed by atoms with E-state index in [9.17, 15) is 0 Å². The Kier molecular flexibility index (Phi) is 3.31. The number of aryl methyl sites for hydroxylation is 1. The highest BCUT2D eigenvalue weighted by atomic mass is 16.5. The maximum atomic E-state index is 6.06. The van der Waals surface area contributed by atoms with Gasteiger partial charge in [-0.2, -0.15) is 0 Å². The average molecular weight is 265 g/mol. The maximum absolute atomic E-state index is 6.06. The van der Waals surface area contributed by atoms with E-state index in [-0.39, 0.29) is 0 Å². The van der Waals surface area contributed by atoms with Crippen LogP contribution in [0.15, 0.2) is 48.8 Å². The highest BCUT2D eigenvalue weighted by Crippen LogP contribution is 2.33. The van der Waals surface area contributed by atoms with Gasteiger partial charge in [0, 0.05) is 29.9 Å². The predicted octanol–water partition coefficient (Wildman–Crippen LogP) is 3.19. The molecule has 0 aliphatic carbocycles. The van der Waals surface area contributed by atoms with Crippen molar-refractivity contribution >= 4 is 10.9 Å². The lowest BCUT2D eigenvalue weighted by Crippen LogP contribution is -2.02. The fourth-order valence-electron chi connectivity index (χ4n) is 2.11. The number of fused-ring (bicyclic) bond motifs is 1. The third-order valence-corrected chi connectivity index (χ3v) is 3.19. The van der Waals surface area contributed by atoms with Crippen LogP contribution in [0.3, 0.4) is 0 Å². The van der Waals surface area contributed by atoms with Crippen molar-refractivity contribution < 1.29 is 4.74 Å². The van der Waals surface area contributed by atoms with E-state index in [2.05, 4.69) is 9.97 Å². The van der Waals surface area contributed by atoms with Gasteiger partial charge in [-0.1, -0.05) is 12.1 Å². The van der Waals surface area contributed by atoms with E-state index in [0.29, 0.717) is 6.54 Å². The Morgan fingerprint density at radius 3 is 2.75 bits per heavy atom. The number of hydrogen-bond donors (Lipinski definition) is 1. The first kappa shape index (κ1) is 12.6. The van der Waals surface area contributed by atoms with Gasteiger partial charge in [0.25, 0.3) is 0 Å². The summed E-state index contributed by atoms with van der Waals surface area (Å²) < 4.78 is 6.06. The van der Waals surface area contributed by atoms with Crippen molar-refractivity contribution in [3.05, 3.63) is 60.0 Å². The highest BCUT2D eigenvalue weighted by molar-refractivity contribution is 5.86. The van der Waals surface area contributed by atoms with E-state index in [1.54, 1.807) is 12.4 Å². The van der Waals surface area contributed by atoms with Crippen LogP contribution < -0.4 is 10.5 Å². The molecule has 2 heterocycles. The van der Waals surface area contributed by atoms with Gasteiger partial charge in [-0.25, -0.2) is 0 Å². The molecule has 4 heteroatoms. The third-order valence-electron chi connectivity index (χ3n) is 3.19. The van der Waals surface area contributed by atoms with Gasteiger partial charge in [-0.15, -0.1) is 0 Å². The summed E-state index contributed by atoms with van der Waals surface area (Å²) in [5.74, 6) is 1.49. The van der Waals surface area contributed by atoms with E-state index in [0.717, 1.165) is 33.7 Å². The summed E-state index contributed by atoms with van der Waals surface area (Å²) >= 11 is 0. The summed E-state index contributed by atoms with van der Waals surface area (Å²) in [6.45, 7) is 2.30. The van der Waals surface area contributed by atoms with Gasteiger partial charge >= 0.3 is 0 Å². The number of ether oxygens (including phenoxy) is 1. The SMILES string of the molecule is Cc1ncccc1Oc1c(CN)cnc2ccccc12. The second kappa shape index (κ2) is 5.27. The molecule has 100 valence electrons. The first-order valence-corrected chi connectivity index (χ1v) is 6.46. The number of nitrogens with two attached hydrogens (primary N) is 1. The van der Waals surface area contributed by atoms with Crippen LogP contribution in [-0.2, 0) is 6.54 Å². The Hall–Kier alpha value is -2.46. The van der Waals surface area contributed by atoms with Gasteiger partial charge in [-0.3, -0.25) is 9.97 Å². The highest BCUT2D eigenvalue weighted by Gasteiger charge is 2.11. The van der Waals surface area contributed by atoms with E-state index < -0.39 is 0 Å². The molecule has 0 fully saturated rings. The molecule has 0 radical (unpaired) electrons. The van der Waals surface area contributed by atoms with Crippen LogP contribution in [0.4, 0.5) is 0 Å². The van der Waals surface area contributed by atoms with E-state index in [1.165, 1.54) is 0 Å². The summed E-state index contributed by atoms with van der Waals surface area (Å²) in [5.41, 5.74) is 8.41. The minimum absolute atomic E-state index is 0.381. The summed E-state index contributed by atoms with van der Waals surface area (Å²) in [6, 6.07) is 11.6. The standard InChI is InChI=1S/C16H15N3O/c1-11-15(7-4-8-18-11)20-16-12(9-17)10-19-14-6-3-2-5-13(14)16/h2-8,10H,9,17H2,1H3. The molecule has 0 unspecified atom stereocenters. The molecule has 0 bridgehead atoms. The molecular weight excluding hydrogens is 250 g/mol. The van der Waals surface area contributed by atoms with E-state index >= 15 is 0 Å². The topological polar surface area (TPSA) is 61.0 Å². The van der Waals surface area contributed by atoms with Crippen molar-refractivity contribution in [2.75, 3.05) is 0 Å². The lowest BCUT2D eigenvalue weighted by Gasteiger charge is -2.13. The second-order valence-corrected chi connectivity index (χ2v) is 4.52. The van der Waals surface area contributed by atoms with Crippen LogP contribution in [0.2, 0.25) is 0 Å². The van der Waals surface area contributed by atoms with Crippen LogP contribution in [0.5, 0.6) is 11.5 Å². The number of hydrogen-bond acceptors (Lipinski definition) is 4. The zero-order chi connectivity index (χ0) is 13.9. The summed E-state index contributed by atoms with van der Waals surface area (Å²) in [5, 5.41) is 0.957. The van der Waals surface area contributed by atoms with Gasteiger partial charge < -0.3 is 10.5 Å². The largest absolute Gasteiger partial charge is 0.454 e. The van der Waals surface area contributed by atoms with E-state index in [4.69, 9.17) is 10.5 Å². The molecule has 0 spiro atoms. The van der Waals surface area contributed by atoms with Crippen LogP contribution in [0.1, 0.15) is 11.3 Å². The first-order chi connectivity index (χ1) is 9.79. The summed E-state index contributed by atoms with van der Waals surface area (Å²) in [6.07, 6.45) is 3.51. The van der Waals surface area contributed by atoms with Crippen molar-refractivity contribution in [2.24, 2.45) is 5.73 Å². The predicted molar refractivity (Wildman–Crippen MR) is 78.7 cm³/mol. The molecule has 0 saturated carbocycles. The maximum Gasteiger partial charge on any atom is 0.148 e. The van der Waals surface area contributed by atoms with Crippen molar-refractivity contribution in [1.29, 1.82) is 0 Å². The molecule has 0 aliphatic heterocycles. The molecule has 0 atom stereocenters. The van der Waals surface area contributed by atoms with Crippen LogP contribution in [0, 0.1) is 6.92 Å². The molecule has 0 aliphatic rings. The van der Waals surface area contributed by atoms with Gasteiger partial charge in [0.1, 0.15) is 11.5 Å². The number of nitrogens with zero attached hydrogens (tertiary/aromatic N) is 2. The molecule has 2 N–H and O–H groups in total. The zero-order valence-electron chi connectivity index (χ0n) is 11.2. The molecule has 0 saturated heterocycles. The Balaban J connectivity index is 2.16. The molecule has 2 aromatic heterocycles. The Morgan fingerprint density at radius 2 is 1.95 bits per heavy atom. The Bertz CT molecular complexity index is 756. The summed E-state index contributed by atoms with van der Waals surface area (Å²) in [4.78, 5) is 8.64. The van der Waals surface area contributed by atoms with Gasteiger partial charge in [0.15, 0.2) is 0 Å². The molecule has 3 rings (SSSR count). The average Bonchev–Trinajstić information content (AvgIpc) is 2.50. The summed E-state index contributed by atoms with van der Waals surface area (Å²) in [7, 11) is 0. The smallest absolute Gasteiger partial charge is 0.148 e. The molecule has 4 nitrogen and oxygen atoms in total. The molecule has 1 aromatic carbocycles. The minimum Gasteiger partial charge on any atom is -0.454 e. The van der Waals surface area contributed by atoms with Crippen molar-refractivity contribution in [3.8, 4) is 11.5 Å². The quantitative estimate of drug-likeness (QED) is 0.790. The van der Waals surface area contributed by atoms with Crippen LogP contribution in [-0.4, -0.2) is 9.97 Å². The number of pyridine rings is 2. The Morgan fingerprint density at radius 1 is 1.10 bits per heavy atom. The molecular formula is C16H15N3O. The number of rotatable bonds is 3. The molecule has 20 heavy (non-hydrogen) atoms. The van der Waals surface area contributed by atoms with Crippen molar-refractivity contribution in [3.63, 3.8) is 0 Å². The lowest BCUT2D eigenvalue weighted by atomic mass is 10.1. The normalized spacial score (nSPS) is 10.7. The number of benzene rings is 1. The minimum atomic E-state index is 0.381. The van der Waals surface area contributed by atoms with Crippen LogP contribution >= 0.6 is 0 Å². The van der Waals surface area contributed by atoms with Crippen molar-refractivity contribution in [1.82, 2.24) is 9.97 Å². The Labute approximate surface area is 117 Å². The monoisotopic (exact) mass is 265 g/mol. The van der Waals surface area contributed by atoms with Gasteiger partial charge in [0.05, 0.1) is 11.2 Å². The number of aromatic nitrogens is 2. The fourth-order valence-corrected chi connectivity index (χ4v) is 2.11. The second-order valence-electron chi connectivity index (χ2n) is 4.52. The lowest BCUT2D eigenvalue weighted by molar-refractivity contribution is 0.475. The molecule has 0 amide bonds. The fraction of sp³-hybridized carbons (Fsp3) is 0.125. The zero-order valence-corrected chi connectivity index (χ0v) is 11.2. The molecule has 3 aromatic rings. The number of para-hydroxylation sites is 1. The van der Waals surface area contributed by atoms with Gasteiger partial charge in [0.2, 0.25) is 0 Å².